The van der Waals surface area contributed by atoms with Crippen LogP contribution in [-0.4, -0.2) is 23.5 Å². The van der Waals surface area contributed by atoms with E-state index in [1.54, 1.807) is 0 Å². The van der Waals surface area contributed by atoms with Crippen molar-refractivity contribution in [3.05, 3.63) is 0 Å². The van der Waals surface area contributed by atoms with Crippen LogP contribution < -0.4 is 0 Å². The summed E-state index contributed by atoms with van der Waals surface area (Å²) in [6.07, 6.45) is 7.37. The van der Waals surface area contributed by atoms with Gasteiger partial charge in [0.1, 0.15) is 0 Å². The van der Waals surface area contributed by atoms with E-state index in [0.717, 1.165) is 5.92 Å². The Bertz CT molecular complexity index is 137. The van der Waals surface area contributed by atoms with Crippen molar-refractivity contribution in [2.45, 2.75) is 71.9 Å². The molecule has 0 radical (unpaired) electrons. The predicted molar refractivity (Wildman–Crippen MR) is 63.6 cm³/mol. The lowest BCUT2D eigenvalue weighted by Crippen LogP contribution is -2.38. The van der Waals surface area contributed by atoms with Crippen LogP contribution in [0.2, 0.25) is 0 Å². The molecule has 0 aromatic heterocycles. The van der Waals surface area contributed by atoms with Gasteiger partial charge in [0.25, 0.3) is 0 Å². The minimum absolute atomic E-state index is 0.705. The normalized spacial score (nSPS) is 19.1. The van der Waals surface area contributed by atoms with Crippen LogP contribution in [0.15, 0.2) is 0 Å². The molecular formula is C13H27N. The Balaban J connectivity index is 2.25. The third kappa shape index (κ3) is 3.61. The van der Waals surface area contributed by atoms with Crippen LogP contribution in [0, 0.1) is 5.92 Å². The topological polar surface area (TPSA) is 3.24 Å². The predicted octanol–water partition coefficient (Wildman–Crippen LogP) is 3.69. The molecule has 1 aliphatic rings. The average molecular weight is 197 g/mol. The van der Waals surface area contributed by atoms with Gasteiger partial charge in [0.05, 0.1) is 0 Å². The highest BCUT2D eigenvalue weighted by Gasteiger charge is 2.18. The third-order valence-corrected chi connectivity index (χ3v) is 3.60. The second-order valence-electron chi connectivity index (χ2n) is 5.36. The number of hydrogen-bond acceptors (Lipinski definition) is 1. The van der Waals surface area contributed by atoms with Crippen LogP contribution in [0.25, 0.3) is 0 Å². The molecule has 0 atom stereocenters. The minimum atomic E-state index is 0.705. The number of nitrogens with zero attached hydrogens (tertiary/aromatic N) is 1. The van der Waals surface area contributed by atoms with Gasteiger partial charge in [-0.05, 0) is 46.6 Å². The SMILES string of the molecule is CC(C)N(CCC1CCCC1)C(C)C. The van der Waals surface area contributed by atoms with Gasteiger partial charge in [-0.3, -0.25) is 4.90 Å². The lowest BCUT2D eigenvalue weighted by Gasteiger charge is -2.31. The molecule has 0 N–H and O–H groups in total. The number of rotatable bonds is 5. The van der Waals surface area contributed by atoms with Gasteiger partial charge in [-0.25, -0.2) is 0 Å². The minimum Gasteiger partial charge on any atom is -0.299 e. The van der Waals surface area contributed by atoms with Gasteiger partial charge in [-0.2, -0.15) is 0 Å². The van der Waals surface area contributed by atoms with Crippen molar-refractivity contribution in [2.24, 2.45) is 5.92 Å². The summed E-state index contributed by atoms with van der Waals surface area (Å²) in [4.78, 5) is 2.62. The molecule has 0 heterocycles. The summed E-state index contributed by atoms with van der Waals surface area (Å²) in [6, 6.07) is 1.41. The first-order chi connectivity index (χ1) is 6.61. The maximum atomic E-state index is 2.62. The smallest absolute Gasteiger partial charge is 0.00412 e. The van der Waals surface area contributed by atoms with Crippen LogP contribution >= 0.6 is 0 Å². The van der Waals surface area contributed by atoms with Crippen molar-refractivity contribution >= 4 is 0 Å². The lowest BCUT2D eigenvalue weighted by molar-refractivity contribution is 0.163. The van der Waals surface area contributed by atoms with Crippen molar-refractivity contribution in [3.63, 3.8) is 0 Å². The molecule has 0 saturated heterocycles. The molecule has 0 amide bonds. The van der Waals surface area contributed by atoms with Gasteiger partial charge in [0, 0.05) is 12.1 Å². The maximum absolute atomic E-state index is 2.62. The van der Waals surface area contributed by atoms with E-state index in [0.29, 0.717) is 12.1 Å². The Kier molecular flexibility index (Phi) is 4.94. The van der Waals surface area contributed by atoms with E-state index in [2.05, 4.69) is 32.6 Å². The molecule has 84 valence electrons. The molecule has 14 heavy (non-hydrogen) atoms. The molecule has 1 saturated carbocycles. The van der Waals surface area contributed by atoms with Crippen LogP contribution in [-0.2, 0) is 0 Å². The van der Waals surface area contributed by atoms with E-state index in [1.807, 2.05) is 0 Å². The van der Waals surface area contributed by atoms with Crippen molar-refractivity contribution < 1.29 is 0 Å². The zero-order valence-electron chi connectivity index (χ0n) is 10.4. The highest BCUT2D eigenvalue weighted by Crippen LogP contribution is 2.28. The summed E-state index contributed by atoms with van der Waals surface area (Å²) in [5.74, 6) is 1.04. The van der Waals surface area contributed by atoms with Gasteiger partial charge >= 0.3 is 0 Å². The molecule has 0 bridgehead atoms. The van der Waals surface area contributed by atoms with Gasteiger partial charge in [-0.15, -0.1) is 0 Å². The Labute approximate surface area is 89.9 Å². The quantitative estimate of drug-likeness (QED) is 0.650. The molecular weight excluding hydrogens is 170 g/mol. The summed E-state index contributed by atoms with van der Waals surface area (Å²) in [7, 11) is 0. The first kappa shape index (κ1) is 12.0. The largest absolute Gasteiger partial charge is 0.299 e. The standard InChI is InChI=1S/C13H27N/c1-11(2)14(12(3)4)10-9-13-7-5-6-8-13/h11-13H,5-10H2,1-4H3. The molecule has 0 spiro atoms. The van der Waals surface area contributed by atoms with Crippen molar-refractivity contribution in [2.75, 3.05) is 6.54 Å². The molecule has 1 heteroatoms. The van der Waals surface area contributed by atoms with E-state index in [4.69, 9.17) is 0 Å². The van der Waals surface area contributed by atoms with E-state index in [1.165, 1.54) is 38.6 Å². The molecule has 0 aliphatic heterocycles. The van der Waals surface area contributed by atoms with Crippen LogP contribution in [0.3, 0.4) is 0 Å². The second kappa shape index (κ2) is 5.75. The van der Waals surface area contributed by atoms with E-state index in [9.17, 15) is 0 Å². The van der Waals surface area contributed by atoms with Crippen molar-refractivity contribution in [1.82, 2.24) is 4.90 Å². The Morgan fingerprint density at radius 3 is 1.93 bits per heavy atom. The van der Waals surface area contributed by atoms with Crippen LogP contribution in [0.1, 0.15) is 59.8 Å². The fourth-order valence-corrected chi connectivity index (χ4v) is 2.74. The van der Waals surface area contributed by atoms with E-state index in [-0.39, 0.29) is 0 Å². The highest BCUT2D eigenvalue weighted by molar-refractivity contribution is 4.72. The van der Waals surface area contributed by atoms with Gasteiger partial charge < -0.3 is 0 Å². The van der Waals surface area contributed by atoms with Gasteiger partial charge in [0.2, 0.25) is 0 Å². The highest BCUT2D eigenvalue weighted by atomic mass is 15.2. The van der Waals surface area contributed by atoms with Gasteiger partial charge in [-0.1, -0.05) is 25.7 Å². The molecule has 0 aromatic carbocycles. The molecule has 0 aromatic rings. The fourth-order valence-electron chi connectivity index (χ4n) is 2.74. The Hall–Kier alpha value is -0.0400. The van der Waals surface area contributed by atoms with Gasteiger partial charge in [0.15, 0.2) is 0 Å². The Morgan fingerprint density at radius 2 is 1.50 bits per heavy atom. The zero-order valence-corrected chi connectivity index (χ0v) is 10.4. The van der Waals surface area contributed by atoms with Crippen LogP contribution in [0.4, 0.5) is 0 Å². The molecule has 1 aliphatic carbocycles. The molecule has 1 nitrogen and oxygen atoms in total. The second-order valence-corrected chi connectivity index (χ2v) is 5.36. The first-order valence-electron chi connectivity index (χ1n) is 6.37. The summed E-state index contributed by atoms with van der Waals surface area (Å²) in [5.41, 5.74) is 0. The summed E-state index contributed by atoms with van der Waals surface area (Å²) < 4.78 is 0. The van der Waals surface area contributed by atoms with Crippen molar-refractivity contribution in [3.8, 4) is 0 Å². The molecule has 0 unspecified atom stereocenters. The maximum Gasteiger partial charge on any atom is 0.00412 e. The van der Waals surface area contributed by atoms with E-state index >= 15 is 0 Å². The molecule has 1 fully saturated rings. The zero-order chi connectivity index (χ0) is 10.6. The van der Waals surface area contributed by atoms with E-state index < -0.39 is 0 Å². The monoisotopic (exact) mass is 197 g/mol. The average Bonchev–Trinajstić information content (AvgIpc) is 2.55. The van der Waals surface area contributed by atoms with Crippen LogP contribution in [0.5, 0.6) is 0 Å². The first-order valence-corrected chi connectivity index (χ1v) is 6.37. The lowest BCUT2D eigenvalue weighted by atomic mass is 10.0. The summed E-state index contributed by atoms with van der Waals surface area (Å²) >= 11 is 0. The third-order valence-electron chi connectivity index (χ3n) is 3.60. The number of hydrogen-bond donors (Lipinski definition) is 0. The summed E-state index contributed by atoms with van der Waals surface area (Å²) in [5, 5.41) is 0. The Morgan fingerprint density at radius 1 is 1.00 bits per heavy atom. The fraction of sp³-hybridized carbons (Fsp3) is 1.00. The summed E-state index contributed by atoms with van der Waals surface area (Å²) in [6.45, 7) is 10.6. The molecule has 1 rings (SSSR count). The van der Waals surface area contributed by atoms with Crippen molar-refractivity contribution in [1.29, 1.82) is 0 Å².